The number of benzene rings is 2. The molecule has 1 amide bonds. The van der Waals surface area contributed by atoms with Crippen molar-refractivity contribution in [2.75, 3.05) is 20.2 Å². The van der Waals surface area contributed by atoms with Gasteiger partial charge in [0, 0.05) is 18.7 Å². The maximum Gasteiger partial charge on any atom is 0.243 e. The number of rotatable bonds is 10. The number of carbonyl (C=O) groups excluding carboxylic acids is 2. The molecule has 0 radical (unpaired) electrons. The number of methoxy groups -OCH3 is 1. The molecule has 0 bridgehead atoms. The van der Waals surface area contributed by atoms with Crippen molar-refractivity contribution in [3.63, 3.8) is 0 Å². The molecule has 0 aromatic heterocycles. The summed E-state index contributed by atoms with van der Waals surface area (Å²) in [5, 5.41) is 2.71. The van der Waals surface area contributed by atoms with Gasteiger partial charge in [-0.3, -0.25) is 9.59 Å². The molecular formula is C21H24N2O5S. The van der Waals surface area contributed by atoms with E-state index in [1.165, 1.54) is 37.3 Å². The molecule has 8 heteroatoms. The minimum Gasteiger partial charge on any atom is -0.497 e. The number of carbonyl (C=O) groups is 2. The second-order valence-corrected chi connectivity index (χ2v) is 8.23. The molecule has 0 aliphatic rings. The van der Waals surface area contributed by atoms with E-state index in [0.717, 1.165) is 9.87 Å². The average Bonchev–Trinajstić information content (AvgIpc) is 2.72. The van der Waals surface area contributed by atoms with Crippen LogP contribution in [-0.2, 0) is 21.4 Å². The first-order valence-electron chi connectivity index (χ1n) is 8.89. The maximum atomic E-state index is 12.9. The SMILES string of the molecule is C=CCN(CC(=O)NCc1ccc(OC)cc1)S(=O)(=O)c1ccc(C(C)=O)cc1. The first-order chi connectivity index (χ1) is 13.8. The van der Waals surface area contributed by atoms with Crippen LogP contribution in [0.4, 0.5) is 0 Å². The van der Waals surface area contributed by atoms with Crippen molar-refractivity contribution in [2.24, 2.45) is 0 Å². The van der Waals surface area contributed by atoms with Gasteiger partial charge in [-0.25, -0.2) is 8.42 Å². The molecule has 2 rings (SSSR count). The molecular weight excluding hydrogens is 392 g/mol. The van der Waals surface area contributed by atoms with Crippen molar-refractivity contribution in [1.82, 2.24) is 9.62 Å². The minimum atomic E-state index is -3.92. The molecule has 0 heterocycles. The third-order valence-corrected chi connectivity index (χ3v) is 6.03. The normalized spacial score (nSPS) is 11.1. The van der Waals surface area contributed by atoms with E-state index < -0.39 is 15.9 Å². The first kappa shape index (κ1) is 22.3. The number of Topliss-reactive ketones (excluding diaryl/α,β-unsaturated/α-hetero) is 1. The molecule has 154 valence electrons. The van der Waals surface area contributed by atoms with Crippen LogP contribution in [0.5, 0.6) is 5.75 Å². The summed E-state index contributed by atoms with van der Waals surface area (Å²) in [5.74, 6) is 0.112. The molecule has 0 fully saturated rings. The van der Waals surface area contributed by atoms with Gasteiger partial charge in [-0.2, -0.15) is 4.31 Å². The van der Waals surface area contributed by atoms with Crippen LogP contribution < -0.4 is 10.1 Å². The van der Waals surface area contributed by atoms with Crippen LogP contribution in [0, 0.1) is 0 Å². The van der Waals surface area contributed by atoms with Gasteiger partial charge in [-0.05, 0) is 36.8 Å². The summed E-state index contributed by atoms with van der Waals surface area (Å²) in [6.07, 6.45) is 1.41. The predicted molar refractivity (Wildman–Crippen MR) is 110 cm³/mol. The van der Waals surface area contributed by atoms with Gasteiger partial charge in [0.25, 0.3) is 0 Å². The van der Waals surface area contributed by atoms with E-state index >= 15 is 0 Å². The second-order valence-electron chi connectivity index (χ2n) is 6.29. The van der Waals surface area contributed by atoms with E-state index in [1.54, 1.807) is 19.2 Å². The summed E-state index contributed by atoms with van der Waals surface area (Å²) in [7, 11) is -2.35. The Morgan fingerprint density at radius 3 is 2.24 bits per heavy atom. The molecule has 7 nitrogen and oxygen atoms in total. The van der Waals surface area contributed by atoms with E-state index in [4.69, 9.17) is 4.74 Å². The van der Waals surface area contributed by atoms with Gasteiger partial charge in [0.1, 0.15) is 5.75 Å². The molecule has 1 N–H and O–H groups in total. The Hall–Kier alpha value is -2.97. The summed E-state index contributed by atoms with van der Waals surface area (Å²) in [4.78, 5) is 23.7. The van der Waals surface area contributed by atoms with Gasteiger partial charge in [0.2, 0.25) is 15.9 Å². The van der Waals surface area contributed by atoms with E-state index in [2.05, 4.69) is 11.9 Å². The second kappa shape index (κ2) is 9.99. The summed E-state index contributed by atoms with van der Waals surface area (Å²) in [5.41, 5.74) is 1.27. The number of hydrogen-bond donors (Lipinski definition) is 1. The molecule has 0 aliphatic carbocycles. The molecule has 0 aliphatic heterocycles. The van der Waals surface area contributed by atoms with Crippen molar-refractivity contribution in [3.8, 4) is 5.75 Å². The quantitative estimate of drug-likeness (QED) is 0.474. The standard InChI is InChI=1S/C21H24N2O5S/c1-4-13-23(29(26,27)20-11-7-18(8-12-20)16(2)24)15-21(25)22-14-17-5-9-19(28-3)10-6-17/h4-12H,1,13-15H2,2-3H3,(H,22,25). The fourth-order valence-corrected chi connectivity index (χ4v) is 3.93. The molecule has 0 saturated carbocycles. The first-order valence-corrected chi connectivity index (χ1v) is 10.3. The number of nitrogens with one attached hydrogen (secondary N) is 1. The molecule has 2 aromatic rings. The molecule has 0 spiro atoms. The van der Waals surface area contributed by atoms with Crippen LogP contribution in [0.1, 0.15) is 22.8 Å². The summed E-state index contributed by atoms with van der Waals surface area (Å²) in [6, 6.07) is 12.8. The highest BCUT2D eigenvalue weighted by Crippen LogP contribution is 2.17. The average molecular weight is 416 g/mol. The third-order valence-electron chi connectivity index (χ3n) is 4.20. The Labute approximate surface area is 171 Å². The van der Waals surface area contributed by atoms with Crippen molar-refractivity contribution >= 4 is 21.7 Å². The van der Waals surface area contributed by atoms with Crippen molar-refractivity contribution in [3.05, 3.63) is 72.3 Å². The van der Waals surface area contributed by atoms with Gasteiger partial charge in [0.05, 0.1) is 18.6 Å². The Kier molecular flexibility index (Phi) is 7.69. The molecule has 29 heavy (non-hydrogen) atoms. The lowest BCUT2D eigenvalue weighted by atomic mass is 10.2. The van der Waals surface area contributed by atoms with Crippen molar-refractivity contribution in [1.29, 1.82) is 0 Å². The van der Waals surface area contributed by atoms with Crippen molar-refractivity contribution in [2.45, 2.75) is 18.4 Å². The molecule has 0 unspecified atom stereocenters. The highest BCUT2D eigenvalue weighted by molar-refractivity contribution is 7.89. The fraction of sp³-hybridized carbons (Fsp3) is 0.238. The van der Waals surface area contributed by atoms with Crippen LogP contribution in [0.15, 0.2) is 66.1 Å². The Bertz CT molecular complexity index is 967. The van der Waals surface area contributed by atoms with Gasteiger partial charge in [-0.15, -0.1) is 6.58 Å². The number of amides is 1. The van der Waals surface area contributed by atoms with Gasteiger partial charge < -0.3 is 10.1 Å². The largest absolute Gasteiger partial charge is 0.497 e. The van der Waals surface area contributed by atoms with Gasteiger partial charge in [0.15, 0.2) is 5.78 Å². The number of nitrogens with zero attached hydrogens (tertiary/aromatic N) is 1. The number of ketones is 1. The Morgan fingerprint density at radius 1 is 1.10 bits per heavy atom. The highest BCUT2D eigenvalue weighted by Gasteiger charge is 2.25. The zero-order valence-corrected chi connectivity index (χ0v) is 17.2. The lowest BCUT2D eigenvalue weighted by molar-refractivity contribution is -0.121. The van der Waals surface area contributed by atoms with Gasteiger partial charge in [-0.1, -0.05) is 30.3 Å². The monoisotopic (exact) mass is 416 g/mol. The lowest BCUT2D eigenvalue weighted by Crippen LogP contribution is -2.40. The van der Waals surface area contributed by atoms with E-state index in [0.29, 0.717) is 11.3 Å². The van der Waals surface area contributed by atoms with E-state index in [1.807, 2.05) is 12.1 Å². The van der Waals surface area contributed by atoms with E-state index in [9.17, 15) is 18.0 Å². The topological polar surface area (TPSA) is 92.8 Å². The van der Waals surface area contributed by atoms with Crippen LogP contribution in [0.2, 0.25) is 0 Å². The summed E-state index contributed by atoms with van der Waals surface area (Å²) >= 11 is 0. The molecule has 0 saturated heterocycles. The smallest absolute Gasteiger partial charge is 0.243 e. The molecule has 2 aromatic carbocycles. The summed E-state index contributed by atoms with van der Waals surface area (Å²) < 4.78 is 31.9. The third kappa shape index (κ3) is 6.00. The van der Waals surface area contributed by atoms with Crippen LogP contribution in [0.3, 0.4) is 0 Å². The maximum absolute atomic E-state index is 12.9. The zero-order chi connectivity index (χ0) is 21.4. The van der Waals surface area contributed by atoms with E-state index in [-0.39, 0.29) is 30.3 Å². The number of ether oxygens (including phenoxy) is 1. The molecule has 0 atom stereocenters. The summed E-state index contributed by atoms with van der Waals surface area (Å²) in [6.45, 7) is 4.86. The Morgan fingerprint density at radius 2 is 1.72 bits per heavy atom. The highest BCUT2D eigenvalue weighted by atomic mass is 32.2. The Balaban J connectivity index is 2.07. The number of sulfonamides is 1. The minimum absolute atomic E-state index is 0.00676. The van der Waals surface area contributed by atoms with Crippen molar-refractivity contribution < 1.29 is 22.7 Å². The zero-order valence-electron chi connectivity index (χ0n) is 16.4. The van der Waals surface area contributed by atoms with Crippen LogP contribution in [-0.4, -0.2) is 44.6 Å². The fourth-order valence-electron chi connectivity index (χ4n) is 2.56. The lowest BCUT2D eigenvalue weighted by Gasteiger charge is -2.20. The van der Waals surface area contributed by atoms with Crippen LogP contribution in [0.25, 0.3) is 0 Å². The van der Waals surface area contributed by atoms with Crippen LogP contribution >= 0.6 is 0 Å². The number of hydrogen-bond acceptors (Lipinski definition) is 5. The van der Waals surface area contributed by atoms with Gasteiger partial charge >= 0.3 is 0 Å². The predicted octanol–water partition coefficient (Wildman–Crippen LogP) is 2.39.